The van der Waals surface area contributed by atoms with Gasteiger partial charge in [0, 0.05) is 12.7 Å². The van der Waals surface area contributed by atoms with E-state index in [1.54, 1.807) is 23.0 Å². The van der Waals surface area contributed by atoms with Crippen molar-refractivity contribution in [2.75, 3.05) is 0 Å². The van der Waals surface area contributed by atoms with Gasteiger partial charge in [0.1, 0.15) is 5.82 Å². The molecule has 0 N–H and O–H groups in total. The third-order valence-electron chi connectivity index (χ3n) is 2.01. The molecule has 0 saturated heterocycles. The summed E-state index contributed by atoms with van der Waals surface area (Å²) in [7, 11) is 0. The summed E-state index contributed by atoms with van der Waals surface area (Å²) < 4.78 is 14.3. The second-order valence-corrected chi connectivity index (χ2v) is 3.04. The predicted molar refractivity (Wildman–Crippen MR) is 50.1 cm³/mol. The van der Waals surface area contributed by atoms with Crippen LogP contribution in [0.3, 0.4) is 0 Å². The van der Waals surface area contributed by atoms with Crippen LogP contribution in [-0.2, 0) is 13.0 Å². The van der Waals surface area contributed by atoms with E-state index in [9.17, 15) is 4.39 Å². The lowest BCUT2D eigenvalue weighted by Gasteiger charge is -2.00. The van der Waals surface area contributed by atoms with Crippen molar-refractivity contribution in [1.29, 1.82) is 0 Å². The highest BCUT2D eigenvalue weighted by Gasteiger charge is 1.95. The molecule has 0 aliphatic heterocycles. The Morgan fingerprint density at radius 1 is 1.21 bits per heavy atom. The number of rotatable bonds is 3. The summed E-state index contributed by atoms with van der Waals surface area (Å²) >= 11 is 0. The van der Waals surface area contributed by atoms with Gasteiger partial charge in [-0.25, -0.2) is 4.39 Å². The van der Waals surface area contributed by atoms with Crippen molar-refractivity contribution in [3.63, 3.8) is 0 Å². The largest absolute Gasteiger partial charge is 0.252 e. The molecule has 1 aromatic carbocycles. The van der Waals surface area contributed by atoms with E-state index in [4.69, 9.17) is 0 Å². The predicted octanol–water partition coefficient (Wildman–Crippen LogP) is 1.66. The summed E-state index contributed by atoms with van der Waals surface area (Å²) in [5, 5.41) is 7.54. The third kappa shape index (κ3) is 2.16. The molecule has 0 spiro atoms. The minimum atomic E-state index is -0.200. The van der Waals surface area contributed by atoms with Gasteiger partial charge in [0.25, 0.3) is 0 Å². The molecule has 0 radical (unpaired) electrons. The van der Waals surface area contributed by atoms with E-state index in [0.29, 0.717) is 0 Å². The average molecular weight is 191 g/mol. The van der Waals surface area contributed by atoms with Gasteiger partial charge in [-0.2, -0.15) is 0 Å². The normalized spacial score (nSPS) is 10.4. The maximum Gasteiger partial charge on any atom is 0.123 e. The summed E-state index contributed by atoms with van der Waals surface area (Å²) in [6.45, 7) is 0.769. The minimum absolute atomic E-state index is 0.200. The summed E-state index contributed by atoms with van der Waals surface area (Å²) in [6.07, 6.45) is 4.29. The minimum Gasteiger partial charge on any atom is -0.252 e. The lowest BCUT2D eigenvalue weighted by Crippen LogP contribution is -2.02. The highest BCUT2D eigenvalue weighted by atomic mass is 19.1. The van der Waals surface area contributed by atoms with Crippen LogP contribution in [0.4, 0.5) is 4.39 Å². The summed E-state index contributed by atoms with van der Waals surface area (Å²) in [5.41, 5.74) is 1.10. The maximum atomic E-state index is 12.6. The number of aryl methyl sites for hydroxylation is 2. The average Bonchev–Trinajstić information content (AvgIpc) is 2.70. The Bertz CT molecular complexity index is 380. The topological polar surface area (TPSA) is 30.7 Å². The molecule has 0 amide bonds. The van der Waals surface area contributed by atoms with Crippen LogP contribution in [-0.4, -0.2) is 15.0 Å². The molecule has 4 heteroatoms. The number of hydrogen-bond donors (Lipinski definition) is 0. The standard InChI is InChI=1S/C10H10FN3/c11-10-3-1-9(2-4-10)5-7-14-8-6-12-13-14/h1-4,6,8H,5,7H2. The maximum absolute atomic E-state index is 12.6. The first-order valence-corrected chi connectivity index (χ1v) is 4.43. The number of nitrogens with zero attached hydrogens (tertiary/aromatic N) is 3. The number of halogens is 1. The SMILES string of the molecule is Fc1ccc(CCn2ccnn2)cc1. The molecule has 0 atom stereocenters. The van der Waals surface area contributed by atoms with Crippen molar-refractivity contribution < 1.29 is 4.39 Å². The van der Waals surface area contributed by atoms with Crippen molar-refractivity contribution in [2.24, 2.45) is 0 Å². The van der Waals surface area contributed by atoms with Gasteiger partial charge < -0.3 is 0 Å². The Hall–Kier alpha value is -1.71. The molecular weight excluding hydrogens is 181 g/mol. The summed E-state index contributed by atoms with van der Waals surface area (Å²) in [4.78, 5) is 0. The number of hydrogen-bond acceptors (Lipinski definition) is 2. The molecule has 0 aliphatic carbocycles. The highest BCUT2D eigenvalue weighted by Crippen LogP contribution is 2.04. The van der Waals surface area contributed by atoms with Crippen molar-refractivity contribution in [3.05, 3.63) is 48.0 Å². The van der Waals surface area contributed by atoms with Gasteiger partial charge in [-0.1, -0.05) is 17.3 Å². The molecular formula is C10H10FN3. The summed E-state index contributed by atoms with van der Waals surface area (Å²) in [5.74, 6) is -0.200. The smallest absolute Gasteiger partial charge is 0.123 e. The zero-order valence-corrected chi connectivity index (χ0v) is 7.60. The van der Waals surface area contributed by atoms with E-state index < -0.39 is 0 Å². The van der Waals surface area contributed by atoms with Crippen molar-refractivity contribution >= 4 is 0 Å². The number of aromatic nitrogens is 3. The van der Waals surface area contributed by atoms with Crippen LogP contribution in [0.25, 0.3) is 0 Å². The fourth-order valence-corrected chi connectivity index (χ4v) is 1.25. The second-order valence-electron chi connectivity index (χ2n) is 3.04. The molecule has 0 saturated carbocycles. The van der Waals surface area contributed by atoms with E-state index in [2.05, 4.69) is 10.3 Å². The van der Waals surface area contributed by atoms with Crippen LogP contribution in [0, 0.1) is 5.82 Å². The molecule has 2 aromatic rings. The van der Waals surface area contributed by atoms with Crippen molar-refractivity contribution in [1.82, 2.24) is 15.0 Å². The van der Waals surface area contributed by atoms with E-state index in [1.165, 1.54) is 12.1 Å². The quantitative estimate of drug-likeness (QED) is 0.738. The van der Waals surface area contributed by atoms with Crippen molar-refractivity contribution in [2.45, 2.75) is 13.0 Å². The molecule has 0 unspecified atom stereocenters. The van der Waals surface area contributed by atoms with E-state index in [-0.39, 0.29) is 5.82 Å². The first kappa shape index (κ1) is 8.87. The van der Waals surface area contributed by atoms with Gasteiger partial charge in [0.05, 0.1) is 6.20 Å². The molecule has 3 nitrogen and oxygen atoms in total. The first-order chi connectivity index (χ1) is 6.84. The van der Waals surface area contributed by atoms with Crippen LogP contribution in [0.2, 0.25) is 0 Å². The Labute approximate surface area is 81.2 Å². The molecule has 14 heavy (non-hydrogen) atoms. The van der Waals surface area contributed by atoms with Gasteiger partial charge in [-0.3, -0.25) is 4.68 Å². The molecule has 0 bridgehead atoms. The van der Waals surface area contributed by atoms with E-state index >= 15 is 0 Å². The molecule has 1 heterocycles. The van der Waals surface area contributed by atoms with Crippen molar-refractivity contribution in [3.8, 4) is 0 Å². The third-order valence-corrected chi connectivity index (χ3v) is 2.01. The lowest BCUT2D eigenvalue weighted by molar-refractivity contribution is 0.587. The molecule has 0 aliphatic rings. The van der Waals surface area contributed by atoms with E-state index in [0.717, 1.165) is 18.5 Å². The zero-order chi connectivity index (χ0) is 9.80. The van der Waals surface area contributed by atoms with Gasteiger partial charge in [0.15, 0.2) is 0 Å². The van der Waals surface area contributed by atoms with Crippen LogP contribution in [0.1, 0.15) is 5.56 Å². The first-order valence-electron chi connectivity index (χ1n) is 4.43. The fraction of sp³-hybridized carbons (Fsp3) is 0.200. The van der Waals surface area contributed by atoms with Gasteiger partial charge in [0.2, 0.25) is 0 Å². The molecule has 0 fully saturated rings. The van der Waals surface area contributed by atoms with Gasteiger partial charge in [-0.05, 0) is 24.1 Å². The van der Waals surface area contributed by atoms with Crippen LogP contribution in [0.15, 0.2) is 36.7 Å². The van der Waals surface area contributed by atoms with Gasteiger partial charge >= 0.3 is 0 Å². The fourth-order valence-electron chi connectivity index (χ4n) is 1.25. The zero-order valence-electron chi connectivity index (χ0n) is 7.60. The Balaban J connectivity index is 1.95. The molecule has 1 aromatic heterocycles. The second kappa shape index (κ2) is 4.00. The van der Waals surface area contributed by atoms with Crippen LogP contribution >= 0.6 is 0 Å². The Kier molecular flexibility index (Phi) is 2.53. The van der Waals surface area contributed by atoms with Crippen LogP contribution < -0.4 is 0 Å². The lowest BCUT2D eigenvalue weighted by atomic mass is 10.1. The van der Waals surface area contributed by atoms with Gasteiger partial charge in [-0.15, -0.1) is 5.10 Å². The van der Waals surface area contributed by atoms with Crippen LogP contribution in [0.5, 0.6) is 0 Å². The number of benzene rings is 1. The molecule has 72 valence electrons. The monoisotopic (exact) mass is 191 g/mol. The summed E-state index contributed by atoms with van der Waals surface area (Å²) in [6, 6.07) is 6.51. The highest BCUT2D eigenvalue weighted by molar-refractivity contribution is 5.15. The van der Waals surface area contributed by atoms with E-state index in [1.807, 2.05) is 6.20 Å². The Morgan fingerprint density at radius 2 is 2.00 bits per heavy atom. The Morgan fingerprint density at radius 3 is 2.64 bits per heavy atom. The molecule has 2 rings (SSSR count).